The number of anilines is 1. The van der Waals surface area contributed by atoms with Crippen LogP contribution in [0.25, 0.3) is 0 Å². The van der Waals surface area contributed by atoms with Gasteiger partial charge in [0.1, 0.15) is 0 Å². The first-order valence-electron chi connectivity index (χ1n) is 5.48. The van der Waals surface area contributed by atoms with Gasteiger partial charge in [0.05, 0.1) is 0 Å². The number of hydrogen-bond donors (Lipinski definition) is 1. The number of aryl methyl sites for hydroxylation is 1. The molecule has 1 aromatic carbocycles. The second kappa shape index (κ2) is 4.83. The van der Waals surface area contributed by atoms with Crippen molar-refractivity contribution in [1.82, 2.24) is 9.78 Å². The number of hydrogen-bond acceptors (Lipinski definition) is 3. The standard InChI is InChI=1S/C13H13N3O2/c1-9(17)10-4-3-5-11(8-10)14-13(18)12-6-7-16(2)15-12/h3-8H,1-2H3,(H,14,18). The number of carbonyl (C=O) groups is 2. The topological polar surface area (TPSA) is 64.0 Å². The predicted octanol–water partition coefficient (Wildman–Crippen LogP) is 1.87. The number of nitrogens with zero attached hydrogens (tertiary/aromatic N) is 2. The highest BCUT2D eigenvalue weighted by molar-refractivity contribution is 6.03. The van der Waals surface area contributed by atoms with Crippen LogP contribution in [-0.4, -0.2) is 21.5 Å². The van der Waals surface area contributed by atoms with Crippen LogP contribution in [0.1, 0.15) is 27.8 Å². The number of nitrogens with one attached hydrogen (secondary N) is 1. The Kier molecular flexibility index (Phi) is 3.23. The molecule has 0 bridgehead atoms. The van der Waals surface area contributed by atoms with E-state index in [9.17, 15) is 9.59 Å². The van der Waals surface area contributed by atoms with Gasteiger partial charge in [-0.25, -0.2) is 0 Å². The van der Waals surface area contributed by atoms with Crippen LogP contribution in [0.5, 0.6) is 0 Å². The molecule has 0 spiro atoms. The third-order valence-corrected chi connectivity index (χ3v) is 2.47. The Balaban J connectivity index is 2.16. The van der Waals surface area contributed by atoms with Crippen molar-refractivity contribution >= 4 is 17.4 Å². The van der Waals surface area contributed by atoms with Crippen LogP contribution < -0.4 is 5.32 Å². The summed E-state index contributed by atoms with van der Waals surface area (Å²) in [5, 5.41) is 6.70. The molecule has 0 aliphatic heterocycles. The minimum absolute atomic E-state index is 0.0380. The number of carbonyl (C=O) groups excluding carboxylic acids is 2. The predicted molar refractivity (Wildman–Crippen MR) is 67.6 cm³/mol. The number of Topliss-reactive ketones (excluding diaryl/α,β-unsaturated/α-hetero) is 1. The molecular formula is C13H13N3O2. The molecule has 0 saturated heterocycles. The Morgan fingerprint density at radius 1 is 1.28 bits per heavy atom. The van der Waals surface area contributed by atoms with E-state index in [-0.39, 0.29) is 11.7 Å². The van der Waals surface area contributed by atoms with Crippen LogP contribution in [0.2, 0.25) is 0 Å². The summed E-state index contributed by atoms with van der Waals surface area (Å²) in [6.45, 7) is 1.49. The van der Waals surface area contributed by atoms with Crippen molar-refractivity contribution in [3.05, 3.63) is 47.8 Å². The third kappa shape index (κ3) is 2.63. The highest BCUT2D eigenvalue weighted by Crippen LogP contribution is 2.12. The van der Waals surface area contributed by atoms with Gasteiger partial charge in [-0.1, -0.05) is 12.1 Å². The van der Waals surface area contributed by atoms with Gasteiger partial charge in [0.2, 0.25) is 0 Å². The largest absolute Gasteiger partial charge is 0.321 e. The van der Waals surface area contributed by atoms with Crippen LogP contribution >= 0.6 is 0 Å². The number of rotatable bonds is 3. The summed E-state index contributed by atoms with van der Waals surface area (Å²) in [6.07, 6.45) is 1.70. The molecule has 5 heteroatoms. The lowest BCUT2D eigenvalue weighted by molar-refractivity contribution is 0.100. The van der Waals surface area contributed by atoms with E-state index in [0.29, 0.717) is 16.9 Å². The van der Waals surface area contributed by atoms with Gasteiger partial charge >= 0.3 is 0 Å². The van der Waals surface area contributed by atoms with E-state index in [4.69, 9.17) is 0 Å². The summed E-state index contributed by atoms with van der Waals surface area (Å²) >= 11 is 0. The van der Waals surface area contributed by atoms with Crippen molar-refractivity contribution in [1.29, 1.82) is 0 Å². The zero-order chi connectivity index (χ0) is 13.1. The van der Waals surface area contributed by atoms with Crippen molar-refractivity contribution in [2.24, 2.45) is 7.05 Å². The lowest BCUT2D eigenvalue weighted by Gasteiger charge is -2.04. The molecule has 1 aromatic heterocycles. The molecule has 0 fully saturated rings. The normalized spacial score (nSPS) is 10.1. The Bertz CT molecular complexity index is 602. The fraction of sp³-hybridized carbons (Fsp3) is 0.154. The third-order valence-electron chi connectivity index (χ3n) is 2.47. The summed E-state index contributed by atoms with van der Waals surface area (Å²) < 4.78 is 1.56. The SMILES string of the molecule is CC(=O)c1cccc(NC(=O)c2ccn(C)n2)c1. The van der Waals surface area contributed by atoms with Crippen molar-refractivity contribution in [2.45, 2.75) is 6.92 Å². The average Bonchev–Trinajstić information content (AvgIpc) is 2.76. The number of aromatic nitrogens is 2. The molecular weight excluding hydrogens is 230 g/mol. The fourth-order valence-corrected chi connectivity index (χ4v) is 1.55. The van der Waals surface area contributed by atoms with E-state index < -0.39 is 0 Å². The van der Waals surface area contributed by atoms with E-state index in [0.717, 1.165) is 0 Å². The Hall–Kier alpha value is -2.43. The van der Waals surface area contributed by atoms with Gasteiger partial charge in [0.15, 0.2) is 11.5 Å². The average molecular weight is 243 g/mol. The molecule has 0 aliphatic carbocycles. The molecule has 5 nitrogen and oxygen atoms in total. The quantitative estimate of drug-likeness (QED) is 0.837. The molecule has 0 aliphatic rings. The molecule has 2 rings (SSSR count). The highest BCUT2D eigenvalue weighted by Gasteiger charge is 2.09. The van der Waals surface area contributed by atoms with Crippen molar-refractivity contribution in [3.8, 4) is 0 Å². The Morgan fingerprint density at radius 3 is 2.67 bits per heavy atom. The zero-order valence-electron chi connectivity index (χ0n) is 10.2. The number of benzene rings is 1. The first kappa shape index (κ1) is 12.0. The maximum Gasteiger partial charge on any atom is 0.276 e. The van der Waals surface area contributed by atoms with Crippen molar-refractivity contribution in [3.63, 3.8) is 0 Å². The molecule has 1 N–H and O–H groups in total. The molecule has 18 heavy (non-hydrogen) atoms. The number of amides is 1. The molecule has 1 amide bonds. The van der Waals surface area contributed by atoms with Crippen molar-refractivity contribution < 1.29 is 9.59 Å². The van der Waals surface area contributed by atoms with Gasteiger partial charge in [-0.15, -0.1) is 0 Å². The first-order chi connectivity index (χ1) is 8.56. The van der Waals surface area contributed by atoms with Crippen LogP contribution in [0.4, 0.5) is 5.69 Å². The molecule has 1 heterocycles. The van der Waals surface area contributed by atoms with Crippen LogP contribution in [0, 0.1) is 0 Å². The van der Waals surface area contributed by atoms with Crippen LogP contribution in [-0.2, 0) is 7.05 Å². The lowest BCUT2D eigenvalue weighted by Crippen LogP contribution is -2.13. The monoisotopic (exact) mass is 243 g/mol. The summed E-state index contributed by atoms with van der Waals surface area (Å²) in [7, 11) is 1.74. The van der Waals surface area contributed by atoms with E-state index >= 15 is 0 Å². The van der Waals surface area contributed by atoms with Gasteiger partial charge in [-0.3, -0.25) is 14.3 Å². The van der Waals surface area contributed by atoms with E-state index in [1.165, 1.54) is 6.92 Å². The molecule has 92 valence electrons. The van der Waals surface area contributed by atoms with Gasteiger partial charge in [-0.2, -0.15) is 5.10 Å². The highest BCUT2D eigenvalue weighted by atomic mass is 16.2. The summed E-state index contributed by atoms with van der Waals surface area (Å²) in [4.78, 5) is 23.1. The molecule has 2 aromatic rings. The lowest BCUT2D eigenvalue weighted by atomic mass is 10.1. The second-order valence-corrected chi connectivity index (χ2v) is 3.97. The minimum atomic E-state index is -0.295. The number of ketones is 1. The summed E-state index contributed by atoms with van der Waals surface area (Å²) in [6, 6.07) is 8.43. The fourth-order valence-electron chi connectivity index (χ4n) is 1.55. The van der Waals surface area contributed by atoms with Crippen molar-refractivity contribution in [2.75, 3.05) is 5.32 Å². The maximum absolute atomic E-state index is 11.8. The minimum Gasteiger partial charge on any atom is -0.321 e. The Morgan fingerprint density at radius 2 is 2.06 bits per heavy atom. The zero-order valence-corrected chi connectivity index (χ0v) is 10.2. The van der Waals surface area contributed by atoms with Gasteiger partial charge in [0, 0.05) is 24.5 Å². The maximum atomic E-state index is 11.8. The second-order valence-electron chi connectivity index (χ2n) is 3.97. The molecule has 0 unspecified atom stereocenters. The molecule has 0 radical (unpaired) electrons. The molecule has 0 saturated carbocycles. The van der Waals surface area contributed by atoms with Crippen LogP contribution in [0.3, 0.4) is 0 Å². The smallest absolute Gasteiger partial charge is 0.276 e. The Labute approximate surface area is 104 Å². The van der Waals surface area contributed by atoms with Gasteiger partial charge < -0.3 is 5.32 Å². The van der Waals surface area contributed by atoms with Gasteiger partial charge in [0.25, 0.3) is 5.91 Å². The summed E-state index contributed by atoms with van der Waals surface area (Å²) in [5.41, 5.74) is 1.48. The molecule has 0 atom stereocenters. The first-order valence-corrected chi connectivity index (χ1v) is 5.48. The van der Waals surface area contributed by atoms with Gasteiger partial charge in [-0.05, 0) is 25.1 Å². The van der Waals surface area contributed by atoms with E-state index in [1.807, 2.05) is 0 Å². The van der Waals surface area contributed by atoms with E-state index in [2.05, 4.69) is 10.4 Å². The van der Waals surface area contributed by atoms with Crippen LogP contribution in [0.15, 0.2) is 36.5 Å². The van der Waals surface area contributed by atoms with E-state index in [1.54, 1.807) is 48.3 Å². The summed E-state index contributed by atoms with van der Waals surface area (Å²) in [5.74, 6) is -0.333.